The first-order valence-electron chi connectivity index (χ1n) is 9.24. The SMILES string of the molecule is C[C@H](N=C1NS(=O)(=O)c2ccccc21)C(=O)Nc1ccc(N2CCOCC2)nc1. The van der Waals surface area contributed by atoms with Crippen molar-refractivity contribution in [3.63, 3.8) is 0 Å². The minimum Gasteiger partial charge on any atom is -0.378 e. The van der Waals surface area contributed by atoms with E-state index in [4.69, 9.17) is 4.74 Å². The first-order chi connectivity index (χ1) is 13.9. The van der Waals surface area contributed by atoms with E-state index in [0.29, 0.717) is 24.5 Å². The number of amidine groups is 1. The molecular weight excluding hydrogens is 394 g/mol. The summed E-state index contributed by atoms with van der Waals surface area (Å²) in [5.74, 6) is 0.641. The Kier molecular flexibility index (Phi) is 5.20. The van der Waals surface area contributed by atoms with E-state index in [-0.39, 0.29) is 16.6 Å². The fraction of sp³-hybridized carbons (Fsp3) is 0.316. The van der Waals surface area contributed by atoms with Gasteiger partial charge in [0.1, 0.15) is 17.7 Å². The summed E-state index contributed by atoms with van der Waals surface area (Å²) in [7, 11) is -3.64. The lowest BCUT2D eigenvalue weighted by Crippen LogP contribution is -2.36. The van der Waals surface area contributed by atoms with Crippen LogP contribution in [0.3, 0.4) is 0 Å². The first-order valence-corrected chi connectivity index (χ1v) is 10.7. The second-order valence-electron chi connectivity index (χ2n) is 6.75. The molecule has 1 fully saturated rings. The van der Waals surface area contributed by atoms with Crippen LogP contribution in [0.1, 0.15) is 12.5 Å². The van der Waals surface area contributed by atoms with Gasteiger partial charge in [-0.2, -0.15) is 0 Å². The molecule has 152 valence electrons. The van der Waals surface area contributed by atoms with E-state index in [9.17, 15) is 13.2 Å². The minimum absolute atomic E-state index is 0.161. The molecule has 2 aliphatic rings. The van der Waals surface area contributed by atoms with Crippen molar-refractivity contribution in [3.05, 3.63) is 48.2 Å². The fourth-order valence-electron chi connectivity index (χ4n) is 3.17. The highest BCUT2D eigenvalue weighted by Gasteiger charge is 2.31. The number of anilines is 2. The van der Waals surface area contributed by atoms with Crippen molar-refractivity contribution in [2.75, 3.05) is 36.5 Å². The molecule has 1 saturated heterocycles. The average molecular weight is 415 g/mol. The number of hydrogen-bond donors (Lipinski definition) is 2. The summed E-state index contributed by atoms with van der Waals surface area (Å²) < 4.78 is 32.0. The highest BCUT2D eigenvalue weighted by atomic mass is 32.2. The van der Waals surface area contributed by atoms with Crippen LogP contribution in [0.4, 0.5) is 11.5 Å². The molecule has 10 heteroatoms. The van der Waals surface area contributed by atoms with E-state index in [2.05, 4.69) is 24.9 Å². The lowest BCUT2D eigenvalue weighted by atomic mass is 10.2. The van der Waals surface area contributed by atoms with Crippen LogP contribution in [0.25, 0.3) is 0 Å². The smallest absolute Gasteiger partial charge is 0.263 e. The van der Waals surface area contributed by atoms with Gasteiger partial charge in [0.15, 0.2) is 0 Å². The predicted molar refractivity (Wildman–Crippen MR) is 109 cm³/mol. The van der Waals surface area contributed by atoms with Gasteiger partial charge < -0.3 is 15.0 Å². The summed E-state index contributed by atoms with van der Waals surface area (Å²) in [6.45, 7) is 4.51. The fourth-order valence-corrected chi connectivity index (χ4v) is 4.41. The van der Waals surface area contributed by atoms with Crippen LogP contribution in [0.15, 0.2) is 52.5 Å². The standard InChI is InChI=1S/C19H21N5O4S/c1-13(21-18-15-4-2-3-5-16(15)29(26,27)23-18)19(25)22-14-6-7-17(20-12-14)24-8-10-28-11-9-24/h2-7,12-13H,8-11H2,1H3,(H,21,23)(H,22,25)/t13-/m0/s1. The van der Waals surface area contributed by atoms with Crippen molar-refractivity contribution in [3.8, 4) is 0 Å². The molecule has 0 unspecified atom stereocenters. The number of amides is 1. The number of sulfonamides is 1. The molecular formula is C19H21N5O4S. The molecule has 9 nitrogen and oxygen atoms in total. The van der Waals surface area contributed by atoms with Crippen molar-refractivity contribution in [2.45, 2.75) is 17.9 Å². The largest absolute Gasteiger partial charge is 0.378 e. The van der Waals surface area contributed by atoms with E-state index in [1.807, 2.05) is 6.07 Å². The number of carbonyl (C=O) groups is 1. The third-order valence-electron chi connectivity index (χ3n) is 4.72. The van der Waals surface area contributed by atoms with Crippen LogP contribution >= 0.6 is 0 Å². The second-order valence-corrected chi connectivity index (χ2v) is 8.40. The molecule has 0 saturated carbocycles. The third-order valence-corrected chi connectivity index (χ3v) is 6.11. The lowest BCUT2D eigenvalue weighted by Gasteiger charge is -2.27. The van der Waals surface area contributed by atoms with Crippen LogP contribution in [0.2, 0.25) is 0 Å². The Balaban J connectivity index is 1.44. The van der Waals surface area contributed by atoms with Gasteiger partial charge in [0.05, 0.1) is 30.0 Å². The van der Waals surface area contributed by atoms with Gasteiger partial charge in [-0.3, -0.25) is 14.5 Å². The van der Waals surface area contributed by atoms with Crippen molar-refractivity contribution in [1.29, 1.82) is 0 Å². The van der Waals surface area contributed by atoms with E-state index in [0.717, 1.165) is 18.9 Å². The molecule has 4 rings (SSSR count). The second kappa shape index (κ2) is 7.80. The molecule has 0 bridgehead atoms. The van der Waals surface area contributed by atoms with Crippen LogP contribution in [-0.4, -0.2) is 57.5 Å². The summed E-state index contributed by atoms with van der Waals surface area (Å²) in [5.41, 5.74) is 1.01. The topological polar surface area (TPSA) is 113 Å². The van der Waals surface area contributed by atoms with Gasteiger partial charge in [-0.25, -0.2) is 13.4 Å². The molecule has 2 N–H and O–H groups in total. The number of fused-ring (bicyclic) bond motifs is 1. The van der Waals surface area contributed by atoms with Gasteiger partial charge in [-0.1, -0.05) is 12.1 Å². The Hall–Kier alpha value is -2.98. The van der Waals surface area contributed by atoms with Crippen LogP contribution in [0.5, 0.6) is 0 Å². The lowest BCUT2D eigenvalue weighted by molar-refractivity contribution is -0.117. The number of benzene rings is 1. The average Bonchev–Trinajstić information content (AvgIpc) is 2.99. The molecule has 2 aromatic rings. The predicted octanol–water partition coefficient (Wildman–Crippen LogP) is 0.984. The number of ether oxygens (including phenoxy) is 1. The highest BCUT2D eigenvalue weighted by Crippen LogP contribution is 2.23. The van der Waals surface area contributed by atoms with E-state index >= 15 is 0 Å². The Morgan fingerprint density at radius 1 is 1.24 bits per heavy atom. The number of aromatic nitrogens is 1. The van der Waals surface area contributed by atoms with Gasteiger partial charge in [-0.05, 0) is 31.2 Å². The maximum absolute atomic E-state index is 12.5. The zero-order valence-electron chi connectivity index (χ0n) is 15.8. The number of carbonyl (C=O) groups excluding carboxylic acids is 1. The minimum atomic E-state index is -3.64. The van der Waals surface area contributed by atoms with Crippen molar-refractivity contribution in [1.82, 2.24) is 9.71 Å². The van der Waals surface area contributed by atoms with E-state index in [1.54, 1.807) is 37.4 Å². The number of aliphatic imine (C=N–C) groups is 1. The summed E-state index contributed by atoms with van der Waals surface area (Å²) >= 11 is 0. The molecule has 1 aromatic heterocycles. The molecule has 0 aliphatic carbocycles. The normalized spacial score (nSPS) is 20.0. The quantitative estimate of drug-likeness (QED) is 0.770. The third kappa shape index (κ3) is 4.08. The molecule has 1 atom stereocenters. The Morgan fingerprint density at radius 3 is 2.72 bits per heavy atom. The summed E-state index contributed by atoms with van der Waals surface area (Å²) in [6.07, 6.45) is 1.59. The van der Waals surface area contributed by atoms with Gasteiger partial charge in [-0.15, -0.1) is 0 Å². The van der Waals surface area contributed by atoms with Gasteiger partial charge in [0, 0.05) is 18.7 Å². The van der Waals surface area contributed by atoms with Crippen molar-refractivity contribution >= 4 is 33.3 Å². The molecule has 0 spiro atoms. The summed E-state index contributed by atoms with van der Waals surface area (Å²) in [4.78, 5) is 23.5. The van der Waals surface area contributed by atoms with Crippen LogP contribution in [-0.2, 0) is 19.6 Å². The Morgan fingerprint density at radius 2 is 2.00 bits per heavy atom. The van der Waals surface area contributed by atoms with Gasteiger partial charge >= 0.3 is 0 Å². The van der Waals surface area contributed by atoms with Crippen LogP contribution < -0.4 is 14.9 Å². The molecule has 1 aromatic carbocycles. The number of pyridine rings is 1. The number of nitrogens with one attached hydrogen (secondary N) is 2. The van der Waals surface area contributed by atoms with Crippen molar-refractivity contribution in [2.24, 2.45) is 4.99 Å². The first kappa shape index (κ1) is 19.3. The van der Waals surface area contributed by atoms with Gasteiger partial charge in [0.25, 0.3) is 10.0 Å². The van der Waals surface area contributed by atoms with Gasteiger partial charge in [0.2, 0.25) is 5.91 Å². The Bertz CT molecular complexity index is 1050. The van der Waals surface area contributed by atoms with E-state index in [1.165, 1.54) is 6.07 Å². The summed E-state index contributed by atoms with van der Waals surface area (Å²) in [5, 5.41) is 2.76. The molecule has 2 aliphatic heterocycles. The maximum Gasteiger partial charge on any atom is 0.263 e. The number of hydrogen-bond acceptors (Lipinski definition) is 7. The zero-order chi connectivity index (χ0) is 20.4. The zero-order valence-corrected chi connectivity index (χ0v) is 16.6. The molecule has 3 heterocycles. The maximum atomic E-state index is 12.5. The van der Waals surface area contributed by atoms with Crippen LogP contribution in [0, 0.1) is 0 Å². The molecule has 29 heavy (non-hydrogen) atoms. The molecule has 1 amide bonds. The number of morpholine rings is 1. The summed E-state index contributed by atoms with van der Waals surface area (Å²) in [6, 6.07) is 9.37. The van der Waals surface area contributed by atoms with Crippen molar-refractivity contribution < 1.29 is 17.9 Å². The highest BCUT2D eigenvalue weighted by molar-refractivity contribution is 7.90. The number of nitrogens with zero attached hydrogens (tertiary/aromatic N) is 3. The Labute approximate surface area is 168 Å². The molecule has 0 radical (unpaired) electrons. The number of rotatable bonds is 4. The monoisotopic (exact) mass is 415 g/mol. The van der Waals surface area contributed by atoms with E-state index < -0.39 is 16.1 Å².